The van der Waals surface area contributed by atoms with Gasteiger partial charge in [-0.3, -0.25) is 4.79 Å². The molecular formula is C20H22ClN3O2. The standard InChI is InChI=1S/C20H21N3O2.ClH/c21-15-7-6-14(11-15)20(24)22-16-8-9-17-18(12-16)25-19(23-17)10-13-4-2-1-3-5-13;/h1-5,8-9,12,14-15H,6-7,10-11,21H2,(H,22,24);1H. The second-order valence-corrected chi connectivity index (χ2v) is 6.71. The topological polar surface area (TPSA) is 81.2 Å². The van der Waals surface area contributed by atoms with E-state index in [9.17, 15) is 4.79 Å². The van der Waals surface area contributed by atoms with Crippen molar-refractivity contribution in [3.63, 3.8) is 0 Å². The van der Waals surface area contributed by atoms with Crippen LogP contribution in [0, 0.1) is 5.92 Å². The number of nitrogens with two attached hydrogens (primary N) is 1. The Labute approximate surface area is 158 Å². The van der Waals surface area contributed by atoms with Gasteiger partial charge in [0.15, 0.2) is 11.5 Å². The Morgan fingerprint density at radius 3 is 2.73 bits per heavy atom. The van der Waals surface area contributed by atoms with Gasteiger partial charge in [0, 0.05) is 30.1 Å². The molecule has 3 N–H and O–H groups in total. The van der Waals surface area contributed by atoms with Gasteiger partial charge in [0.1, 0.15) is 5.52 Å². The molecule has 6 heteroatoms. The molecule has 5 nitrogen and oxygen atoms in total. The summed E-state index contributed by atoms with van der Waals surface area (Å²) in [5, 5.41) is 2.97. The highest BCUT2D eigenvalue weighted by Crippen LogP contribution is 2.27. The minimum absolute atomic E-state index is 0. The molecule has 4 rings (SSSR count). The summed E-state index contributed by atoms with van der Waals surface area (Å²) in [6, 6.07) is 15.8. The Balaban J connectivity index is 0.00000196. The number of hydrogen-bond donors (Lipinski definition) is 2. The van der Waals surface area contributed by atoms with Crippen molar-refractivity contribution in [2.75, 3.05) is 5.32 Å². The summed E-state index contributed by atoms with van der Waals surface area (Å²) in [5.41, 5.74) is 9.27. The lowest BCUT2D eigenvalue weighted by molar-refractivity contribution is -0.119. The number of hydrogen-bond acceptors (Lipinski definition) is 4. The van der Waals surface area contributed by atoms with Crippen molar-refractivity contribution in [3.05, 3.63) is 60.0 Å². The van der Waals surface area contributed by atoms with E-state index >= 15 is 0 Å². The number of carbonyl (C=O) groups excluding carboxylic acids is 1. The molecule has 1 heterocycles. The minimum atomic E-state index is 0. The highest BCUT2D eigenvalue weighted by Gasteiger charge is 2.27. The maximum Gasteiger partial charge on any atom is 0.227 e. The number of carbonyl (C=O) groups is 1. The predicted octanol–water partition coefficient (Wildman–Crippen LogP) is 3.91. The van der Waals surface area contributed by atoms with Crippen molar-refractivity contribution in [3.8, 4) is 0 Å². The second-order valence-electron chi connectivity index (χ2n) is 6.71. The zero-order valence-corrected chi connectivity index (χ0v) is 15.2. The SMILES string of the molecule is Cl.NC1CCC(C(=O)Nc2ccc3nc(Cc4ccccc4)oc3c2)C1. The van der Waals surface area contributed by atoms with Crippen LogP contribution in [-0.4, -0.2) is 16.9 Å². The van der Waals surface area contributed by atoms with E-state index in [1.165, 1.54) is 0 Å². The molecule has 1 aromatic heterocycles. The highest BCUT2D eigenvalue weighted by atomic mass is 35.5. The van der Waals surface area contributed by atoms with Gasteiger partial charge >= 0.3 is 0 Å². The van der Waals surface area contributed by atoms with E-state index in [1.54, 1.807) is 0 Å². The number of anilines is 1. The zero-order valence-electron chi connectivity index (χ0n) is 14.4. The summed E-state index contributed by atoms with van der Waals surface area (Å²) in [5.74, 6) is 0.719. The summed E-state index contributed by atoms with van der Waals surface area (Å²) in [6.45, 7) is 0. The van der Waals surface area contributed by atoms with Gasteiger partial charge in [0.05, 0.1) is 0 Å². The number of fused-ring (bicyclic) bond motifs is 1. The maximum absolute atomic E-state index is 12.3. The van der Waals surface area contributed by atoms with Crippen LogP contribution >= 0.6 is 12.4 Å². The number of rotatable bonds is 4. The Hall–Kier alpha value is -2.37. The number of amides is 1. The third-order valence-corrected chi connectivity index (χ3v) is 4.74. The second kappa shape index (κ2) is 7.89. The van der Waals surface area contributed by atoms with Gasteiger partial charge in [0.25, 0.3) is 0 Å². The predicted molar refractivity (Wildman–Crippen MR) is 104 cm³/mol. The zero-order chi connectivity index (χ0) is 17.2. The van der Waals surface area contributed by atoms with Gasteiger partial charge in [-0.2, -0.15) is 0 Å². The number of aromatic nitrogens is 1. The fourth-order valence-electron chi connectivity index (χ4n) is 3.40. The first-order valence-corrected chi connectivity index (χ1v) is 8.67. The van der Waals surface area contributed by atoms with Crippen LogP contribution in [0.15, 0.2) is 52.9 Å². The van der Waals surface area contributed by atoms with E-state index in [2.05, 4.69) is 10.3 Å². The van der Waals surface area contributed by atoms with Crippen molar-refractivity contribution in [2.24, 2.45) is 11.7 Å². The molecule has 0 spiro atoms. The van der Waals surface area contributed by atoms with Crippen LogP contribution in [0.5, 0.6) is 0 Å². The first kappa shape index (κ1) is 18.4. The molecule has 0 bridgehead atoms. The molecular weight excluding hydrogens is 350 g/mol. The van der Waals surface area contributed by atoms with Crippen molar-refractivity contribution in [1.29, 1.82) is 0 Å². The van der Waals surface area contributed by atoms with E-state index in [-0.39, 0.29) is 30.3 Å². The van der Waals surface area contributed by atoms with E-state index in [1.807, 2.05) is 48.5 Å². The monoisotopic (exact) mass is 371 g/mol. The fraction of sp³-hybridized carbons (Fsp3) is 0.300. The quantitative estimate of drug-likeness (QED) is 0.728. The largest absolute Gasteiger partial charge is 0.440 e. The normalized spacial score (nSPS) is 19.3. The molecule has 3 aromatic rings. The molecule has 1 fully saturated rings. The van der Waals surface area contributed by atoms with Crippen LogP contribution in [0.4, 0.5) is 5.69 Å². The summed E-state index contributed by atoms with van der Waals surface area (Å²) in [6.07, 6.45) is 3.19. The minimum Gasteiger partial charge on any atom is -0.440 e. The average molecular weight is 372 g/mol. The van der Waals surface area contributed by atoms with E-state index in [4.69, 9.17) is 10.2 Å². The number of halogens is 1. The first-order valence-electron chi connectivity index (χ1n) is 8.67. The fourth-order valence-corrected chi connectivity index (χ4v) is 3.40. The molecule has 0 radical (unpaired) electrons. The number of benzene rings is 2. The maximum atomic E-state index is 12.3. The van der Waals surface area contributed by atoms with Crippen molar-refractivity contribution >= 4 is 35.1 Å². The summed E-state index contributed by atoms with van der Waals surface area (Å²) < 4.78 is 5.85. The molecule has 0 saturated heterocycles. The van der Waals surface area contributed by atoms with Gasteiger partial charge in [0.2, 0.25) is 5.91 Å². The van der Waals surface area contributed by atoms with Gasteiger partial charge in [-0.25, -0.2) is 4.98 Å². The van der Waals surface area contributed by atoms with E-state index in [0.29, 0.717) is 17.9 Å². The lowest BCUT2D eigenvalue weighted by atomic mass is 10.1. The van der Waals surface area contributed by atoms with Crippen LogP contribution in [0.25, 0.3) is 11.1 Å². The Morgan fingerprint density at radius 2 is 2.00 bits per heavy atom. The van der Waals surface area contributed by atoms with Crippen LogP contribution < -0.4 is 11.1 Å². The summed E-state index contributed by atoms with van der Waals surface area (Å²) in [7, 11) is 0. The van der Waals surface area contributed by atoms with Crippen LogP contribution in [0.2, 0.25) is 0 Å². The van der Waals surface area contributed by atoms with Gasteiger partial charge < -0.3 is 15.5 Å². The number of nitrogens with one attached hydrogen (secondary N) is 1. The van der Waals surface area contributed by atoms with Gasteiger partial charge in [-0.05, 0) is 37.0 Å². The van der Waals surface area contributed by atoms with E-state index in [0.717, 1.165) is 36.0 Å². The molecule has 26 heavy (non-hydrogen) atoms. The third kappa shape index (κ3) is 4.06. The van der Waals surface area contributed by atoms with E-state index < -0.39 is 0 Å². The molecule has 1 aliphatic carbocycles. The Kier molecular flexibility index (Phi) is 5.59. The summed E-state index contributed by atoms with van der Waals surface area (Å²) >= 11 is 0. The van der Waals surface area contributed by atoms with Gasteiger partial charge in [-0.1, -0.05) is 30.3 Å². The lowest BCUT2D eigenvalue weighted by Gasteiger charge is -2.10. The molecule has 136 valence electrons. The number of nitrogens with zero attached hydrogens (tertiary/aromatic N) is 1. The van der Waals surface area contributed by atoms with Crippen LogP contribution in [-0.2, 0) is 11.2 Å². The Bertz CT molecular complexity index is 894. The molecule has 1 saturated carbocycles. The lowest BCUT2D eigenvalue weighted by Crippen LogP contribution is -2.23. The van der Waals surface area contributed by atoms with Crippen LogP contribution in [0.1, 0.15) is 30.7 Å². The molecule has 2 atom stereocenters. The Morgan fingerprint density at radius 1 is 1.19 bits per heavy atom. The first-order chi connectivity index (χ1) is 12.2. The van der Waals surface area contributed by atoms with Gasteiger partial charge in [-0.15, -0.1) is 12.4 Å². The highest BCUT2D eigenvalue weighted by molar-refractivity contribution is 5.94. The number of oxazole rings is 1. The molecule has 2 unspecified atom stereocenters. The average Bonchev–Trinajstić information content (AvgIpc) is 3.21. The molecule has 0 aliphatic heterocycles. The van der Waals surface area contributed by atoms with Crippen molar-refractivity contribution in [1.82, 2.24) is 4.98 Å². The van der Waals surface area contributed by atoms with Crippen LogP contribution in [0.3, 0.4) is 0 Å². The third-order valence-electron chi connectivity index (χ3n) is 4.74. The molecule has 2 aromatic carbocycles. The van der Waals surface area contributed by atoms with Crippen molar-refractivity contribution < 1.29 is 9.21 Å². The molecule has 1 aliphatic rings. The van der Waals surface area contributed by atoms with Crippen molar-refractivity contribution in [2.45, 2.75) is 31.7 Å². The molecule has 1 amide bonds. The smallest absolute Gasteiger partial charge is 0.227 e. The summed E-state index contributed by atoms with van der Waals surface area (Å²) in [4.78, 5) is 16.8.